The number of aromatic nitrogens is 4. The van der Waals surface area contributed by atoms with E-state index in [1.54, 1.807) is 11.8 Å². The van der Waals surface area contributed by atoms with Crippen molar-refractivity contribution >= 4 is 17.7 Å². The molecule has 1 heterocycles. The third-order valence-corrected chi connectivity index (χ3v) is 4.11. The number of benzene rings is 1. The summed E-state index contributed by atoms with van der Waals surface area (Å²) in [7, 11) is 0. The van der Waals surface area contributed by atoms with Gasteiger partial charge in [-0.05, 0) is 34.4 Å². The molecule has 1 aromatic carbocycles. The maximum absolute atomic E-state index is 10.6. The van der Waals surface area contributed by atoms with E-state index in [4.69, 9.17) is 5.11 Å². The first kappa shape index (κ1) is 13.1. The fourth-order valence-corrected chi connectivity index (χ4v) is 2.80. The van der Waals surface area contributed by atoms with Gasteiger partial charge in [0.1, 0.15) is 0 Å². The van der Waals surface area contributed by atoms with Crippen molar-refractivity contribution in [1.29, 1.82) is 0 Å². The number of hydrogen-bond donors (Lipinski definition) is 1. The topological polar surface area (TPSA) is 80.9 Å². The molecule has 7 heteroatoms. The monoisotopic (exact) mass is 290 g/mol. The third-order valence-electron chi connectivity index (χ3n) is 3.10. The van der Waals surface area contributed by atoms with Gasteiger partial charge < -0.3 is 5.11 Å². The third kappa shape index (κ3) is 3.16. The maximum atomic E-state index is 10.6. The standard InChI is InChI=1S/C13H14N4O2S/c18-12(19)7-9-1-3-10(4-2-9)8-20-13-14-15-16-17(13)11-5-6-11/h1-4,11H,5-8H2,(H,18,19). The van der Waals surface area contributed by atoms with E-state index in [9.17, 15) is 4.79 Å². The van der Waals surface area contributed by atoms with E-state index in [1.807, 2.05) is 28.9 Å². The van der Waals surface area contributed by atoms with Crippen LogP contribution in [0.4, 0.5) is 0 Å². The first-order chi connectivity index (χ1) is 9.72. The van der Waals surface area contributed by atoms with Gasteiger partial charge in [-0.25, -0.2) is 4.68 Å². The van der Waals surface area contributed by atoms with Crippen molar-refractivity contribution in [3.05, 3.63) is 35.4 Å². The second-order valence-corrected chi connectivity index (χ2v) is 5.76. The molecular formula is C13H14N4O2S. The van der Waals surface area contributed by atoms with Crippen molar-refractivity contribution in [2.75, 3.05) is 0 Å². The van der Waals surface area contributed by atoms with Gasteiger partial charge in [-0.2, -0.15) is 0 Å². The van der Waals surface area contributed by atoms with E-state index >= 15 is 0 Å². The minimum Gasteiger partial charge on any atom is -0.481 e. The Morgan fingerprint density at radius 3 is 2.65 bits per heavy atom. The second-order valence-electron chi connectivity index (χ2n) is 4.81. The zero-order chi connectivity index (χ0) is 13.9. The van der Waals surface area contributed by atoms with Crippen molar-refractivity contribution in [2.45, 2.75) is 36.2 Å². The number of rotatable bonds is 6. The highest BCUT2D eigenvalue weighted by Crippen LogP contribution is 2.36. The maximum Gasteiger partial charge on any atom is 0.307 e. The van der Waals surface area contributed by atoms with Crippen molar-refractivity contribution in [3.8, 4) is 0 Å². The Bertz CT molecular complexity index is 607. The summed E-state index contributed by atoms with van der Waals surface area (Å²) in [6, 6.07) is 8.10. The smallest absolute Gasteiger partial charge is 0.307 e. The number of tetrazole rings is 1. The molecule has 6 nitrogen and oxygen atoms in total. The Hall–Kier alpha value is -1.89. The molecule has 0 bridgehead atoms. The molecular weight excluding hydrogens is 276 g/mol. The number of carbonyl (C=O) groups is 1. The summed E-state index contributed by atoms with van der Waals surface area (Å²) in [5.41, 5.74) is 1.95. The van der Waals surface area contributed by atoms with Gasteiger partial charge >= 0.3 is 5.97 Å². The van der Waals surface area contributed by atoms with Gasteiger partial charge in [-0.1, -0.05) is 36.0 Å². The van der Waals surface area contributed by atoms with Gasteiger partial charge in [-0.3, -0.25) is 4.79 Å². The predicted molar refractivity (Wildman–Crippen MR) is 73.4 cm³/mol. The zero-order valence-corrected chi connectivity index (χ0v) is 11.6. The van der Waals surface area contributed by atoms with Crippen LogP contribution < -0.4 is 0 Å². The van der Waals surface area contributed by atoms with Gasteiger partial charge in [-0.15, -0.1) is 5.10 Å². The second kappa shape index (κ2) is 5.62. The van der Waals surface area contributed by atoms with Crippen LogP contribution in [0.3, 0.4) is 0 Å². The molecule has 0 aliphatic heterocycles. The van der Waals surface area contributed by atoms with Crippen LogP contribution in [0.1, 0.15) is 30.0 Å². The lowest BCUT2D eigenvalue weighted by Crippen LogP contribution is -2.00. The van der Waals surface area contributed by atoms with Gasteiger partial charge in [0.25, 0.3) is 0 Å². The fourth-order valence-electron chi connectivity index (χ4n) is 1.90. The molecule has 1 N–H and O–H groups in total. The van der Waals surface area contributed by atoms with E-state index in [-0.39, 0.29) is 6.42 Å². The van der Waals surface area contributed by atoms with Crippen LogP contribution >= 0.6 is 11.8 Å². The van der Waals surface area contributed by atoms with Crippen molar-refractivity contribution < 1.29 is 9.90 Å². The Kier molecular flexibility index (Phi) is 3.68. The summed E-state index contributed by atoms with van der Waals surface area (Å²) >= 11 is 1.61. The molecule has 20 heavy (non-hydrogen) atoms. The van der Waals surface area contributed by atoms with Gasteiger partial charge in [0.2, 0.25) is 5.16 Å². The summed E-state index contributed by atoms with van der Waals surface area (Å²) in [6.45, 7) is 0. The molecule has 0 spiro atoms. The van der Waals surface area contributed by atoms with Crippen LogP contribution in [0, 0.1) is 0 Å². The molecule has 1 fully saturated rings. The number of carboxylic acid groups (broad SMARTS) is 1. The number of aliphatic carboxylic acids is 1. The molecule has 3 rings (SSSR count). The Balaban J connectivity index is 1.60. The highest BCUT2D eigenvalue weighted by atomic mass is 32.2. The van der Waals surface area contributed by atoms with Crippen molar-refractivity contribution in [1.82, 2.24) is 20.2 Å². The van der Waals surface area contributed by atoms with Gasteiger partial charge in [0.15, 0.2) is 0 Å². The Labute approximate surface area is 120 Å². The van der Waals surface area contributed by atoms with Crippen LogP contribution in [0.5, 0.6) is 0 Å². The molecule has 2 aromatic rings. The summed E-state index contributed by atoms with van der Waals surface area (Å²) in [5.74, 6) is -0.0313. The summed E-state index contributed by atoms with van der Waals surface area (Å²) in [4.78, 5) is 10.6. The average Bonchev–Trinajstić information content (AvgIpc) is 3.16. The number of hydrogen-bond acceptors (Lipinski definition) is 5. The van der Waals surface area contributed by atoms with Crippen LogP contribution in [-0.2, 0) is 17.0 Å². The summed E-state index contributed by atoms with van der Waals surface area (Å²) in [6.07, 6.45) is 2.37. The molecule has 0 radical (unpaired) electrons. The van der Waals surface area contributed by atoms with Crippen LogP contribution in [0.15, 0.2) is 29.4 Å². The van der Waals surface area contributed by atoms with E-state index < -0.39 is 5.97 Å². The summed E-state index contributed by atoms with van der Waals surface area (Å²) < 4.78 is 1.89. The molecule has 1 aromatic heterocycles. The molecule has 0 amide bonds. The largest absolute Gasteiger partial charge is 0.481 e. The molecule has 0 saturated heterocycles. The van der Waals surface area contributed by atoms with Crippen LogP contribution in [0.2, 0.25) is 0 Å². The molecule has 0 unspecified atom stereocenters. The molecule has 104 valence electrons. The number of carboxylic acids is 1. The lowest BCUT2D eigenvalue weighted by molar-refractivity contribution is -0.136. The highest BCUT2D eigenvalue weighted by Gasteiger charge is 2.27. The van der Waals surface area contributed by atoms with Crippen LogP contribution in [-0.4, -0.2) is 31.3 Å². The van der Waals surface area contributed by atoms with E-state index in [1.165, 1.54) is 0 Å². The van der Waals surface area contributed by atoms with E-state index in [0.29, 0.717) is 6.04 Å². The van der Waals surface area contributed by atoms with Crippen LogP contribution in [0.25, 0.3) is 0 Å². The summed E-state index contributed by atoms with van der Waals surface area (Å²) in [5, 5.41) is 21.3. The first-order valence-electron chi connectivity index (χ1n) is 6.42. The number of nitrogens with zero attached hydrogens (tertiary/aromatic N) is 4. The molecule has 1 saturated carbocycles. The van der Waals surface area contributed by atoms with Crippen molar-refractivity contribution in [2.24, 2.45) is 0 Å². The van der Waals surface area contributed by atoms with E-state index in [0.717, 1.165) is 34.9 Å². The molecule has 0 atom stereocenters. The van der Waals surface area contributed by atoms with Gasteiger partial charge in [0.05, 0.1) is 12.5 Å². The predicted octanol–water partition coefficient (Wildman–Crippen LogP) is 1.93. The fraction of sp³-hybridized carbons (Fsp3) is 0.385. The quantitative estimate of drug-likeness (QED) is 0.819. The average molecular weight is 290 g/mol. The highest BCUT2D eigenvalue weighted by molar-refractivity contribution is 7.98. The minimum absolute atomic E-state index is 0.0628. The number of thioether (sulfide) groups is 1. The van der Waals surface area contributed by atoms with Crippen molar-refractivity contribution in [3.63, 3.8) is 0 Å². The Morgan fingerprint density at radius 2 is 2.00 bits per heavy atom. The lowest BCUT2D eigenvalue weighted by atomic mass is 10.1. The first-order valence-corrected chi connectivity index (χ1v) is 7.41. The normalized spacial score (nSPS) is 14.4. The lowest BCUT2D eigenvalue weighted by Gasteiger charge is -2.03. The SMILES string of the molecule is O=C(O)Cc1ccc(CSc2nnnn2C2CC2)cc1. The zero-order valence-electron chi connectivity index (χ0n) is 10.8. The Morgan fingerprint density at radius 1 is 1.30 bits per heavy atom. The minimum atomic E-state index is -0.810. The van der Waals surface area contributed by atoms with Gasteiger partial charge in [0, 0.05) is 5.75 Å². The van der Waals surface area contributed by atoms with E-state index in [2.05, 4.69) is 15.5 Å². The molecule has 1 aliphatic rings. The molecule has 1 aliphatic carbocycles.